The number of fused-ring (bicyclic) bond motifs is 3. The van der Waals surface area contributed by atoms with Gasteiger partial charge in [-0.05, 0) is 25.8 Å². The van der Waals surface area contributed by atoms with Crippen molar-refractivity contribution in [2.24, 2.45) is 17.3 Å². The fourth-order valence-corrected chi connectivity index (χ4v) is 4.30. The summed E-state index contributed by atoms with van der Waals surface area (Å²) in [5.41, 5.74) is 0.479. The maximum Gasteiger partial charge on any atom is 0.334 e. The van der Waals surface area contributed by atoms with Gasteiger partial charge < -0.3 is 19.3 Å². The van der Waals surface area contributed by atoms with Crippen molar-refractivity contribution >= 4 is 11.9 Å². The molecule has 0 aromatic rings. The predicted octanol–water partition coefficient (Wildman–Crippen LogP) is 2.06. The number of carbonyl (C=O) groups excluding carboxylic acids is 2. The molecule has 6 atom stereocenters. The summed E-state index contributed by atoms with van der Waals surface area (Å²) in [6.07, 6.45) is 1.01. The number of allylic oxidation sites excluding steroid dienone is 1. The molecule has 1 N–H and O–H groups in total. The highest BCUT2D eigenvalue weighted by Crippen LogP contribution is 2.57. The highest BCUT2D eigenvalue weighted by molar-refractivity contribution is 5.92. The van der Waals surface area contributed by atoms with Crippen molar-refractivity contribution in [2.45, 2.75) is 38.8 Å². The Morgan fingerprint density at radius 3 is 2.73 bits per heavy atom. The molecule has 2 aliphatic heterocycles. The fraction of sp³-hybridized carbons (Fsp3) is 0.500. The molecule has 0 bridgehead atoms. The third-order valence-corrected chi connectivity index (χ3v) is 5.84. The second-order valence-corrected chi connectivity index (χ2v) is 7.16. The lowest BCUT2D eigenvalue weighted by molar-refractivity contribution is -0.233. The molecule has 0 radical (unpaired) electrons. The molecule has 1 saturated carbocycles. The molecule has 2 saturated heterocycles. The Balaban J connectivity index is 2.04. The third-order valence-electron chi connectivity index (χ3n) is 5.84. The van der Waals surface area contributed by atoms with E-state index < -0.39 is 41.8 Å². The molecular formula is C20H24O6. The van der Waals surface area contributed by atoms with Crippen molar-refractivity contribution in [3.8, 4) is 0 Å². The summed E-state index contributed by atoms with van der Waals surface area (Å²) in [5.74, 6) is -1.87. The Labute approximate surface area is 152 Å². The summed E-state index contributed by atoms with van der Waals surface area (Å²) in [6, 6.07) is 0. The second kappa shape index (κ2) is 6.52. The SMILES string of the molecule is C=C[C@]12C[C@H](OC(=O)/C(C)=C\C)[C@H]3C(=C)C(=O)O[C@@H]3[C@H]1C(=C)CO[C@H]2O. The molecule has 3 fully saturated rings. The van der Waals surface area contributed by atoms with Crippen molar-refractivity contribution < 1.29 is 28.9 Å². The van der Waals surface area contributed by atoms with Crippen LogP contribution < -0.4 is 0 Å². The zero-order chi connectivity index (χ0) is 19.2. The van der Waals surface area contributed by atoms with Gasteiger partial charge in [-0.15, -0.1) is 6.58 Å². The van der Waals surface area contributed by atoms with E-state index in [1.54, 1.807) is 26.0 Å². The first kappa shape index (κ1) is 18.6. The van der Waals surface area contributed by atoms with Gasteiger partial charge in [-0.2, -0.15) is 0 Å². The number of ether oxygens (including phenoxy) is 3. The molecule has 0 unspecified atom stereocenters. The first-order valence-electron chi connectivity index (χ1n) is 8.61. The molecule has 3 aliphatic rings. The van der Waals surface area contributed by atoms with E-state index in [4.69, 9.17) is 14.2 Å². The lowest BCUT2D eigenvalue weighted by Crippen LogP contribution is -2.60. The van der Waals surface area contributed by atoms with Crippen molar-refractivity contribution in [2.75, 3.05) is 6.61 Å². The summed E-state index contributed by atoms with van der Waals surface area (Å²) >= 11 is 0. The zero-order valence-corrected chi connectivity index (χ0v) is 15.1. The maximum atomic E-state index is 12.3. The summed E-state index contributed by atoms with van der Waals surface area (Å²) < 4.78 is 16.7. The molecule has 3 rings (SSSR count). The number of rotatable bonds is 3. The van der Waals surface area contributed by atoms with Gasteiger partial charge in [0.1, 0.15) is 12.2 Å². The average Bonchev–Trinajstić information content (AvgIpc) is 2.92. The molecule has 26 heavy (non-hydrogen) atoms. The number of hydrogen-bond donors (Lipinski definition) is 1. The smallest absolute Gasteiger partial charge is 0.334 e. The lowest BCUT2D eigenvalue weighted by Gasteiger charge is -2.54. The number of carbonyl (C=O) groups is 2. The monoisotopic (exact) mass is 360 g/mol. The van der Waals surface area contributed by atoms with Crippen LogP contribution in [0.1, 0.15) is 20.3 Å². The number of aliphatic hydroxyl groups excluding tert-OH is 1. The summed E-state index contributed by atoms with van der Waals surface area (Å²) in [6.45, 7) is 15.3. The topological polar surface area (TPSA) is 82.1 Å². The van der Waals surface area contributed by atoms with E-state index in [9.17, 15) is 14.7 Å². The van der Waals surface area contributed by atoms with Crippen molar-refractivity contribution in [3.63, 3.8) is 0 Å². The molecular weight excluding hydrogens is 336 g/mol. The molecule has 1 aliphatic carbocycles. The first-order chi connectivity index (χ1) is 12.3. The van der Waals surface area contributed by atoms with E-state index in [1.165, 1.54) is 0 Å². The van der Waals surface area contributed by atoms with Gasteiger partial charge in [-0.25, -0.2) is 9.59 Å². The molecule has 2 heterocycles. The number of esters is 2. The van der Waals surface area contributed by atoms with Crippen LogP contribution in [0.2, 0.25) is 0 Å². The lowest BCUT2D eigenvalue weighted by atomic mass is 9.57. The predicted molar refractivity (Wildman–Crippen MR) is 93.7 cm³/mol. The third kappa shape index (κ3) is 2.56. The van der Waals surface area contributed by atoms with Gasteiger partial charge in [0.15, 0.2) is 6.29 Å². The minimum Gasteiger partial charge on any atom is -0.458 e. The fourth-order valence-electron chi connectivity index (χ4n) is 4.30. The number of aliphatic hydroxyl groups is 1. The maximum absolute atomic E-state index is 12.3. The van der Waals surface area contributed by atoms with Gasteiger partial charge in [0.25, 0.3) is 0 Å². The van der Waals surface area contributed by atoms with E-state index in [0.717, 1.165) is 0 Å². The van der Waals surface area contributed by atoms with Crippen LogP contribution >= 0.6 is 0 Å². The largest absolute Gasteiger partial charge is 0.458 e. The van der Waals surface area contributed by atoms with Crippen LogP contribution in [-0.4, -0.2) is 42.1 Å². The van der Waals surface area contributed by atoms with E-state index >= 15 is 0 Å². The summed E-state index contributed by atoms with van der Waals surface area (Å²) in [4.78, 5) is 24.5. The standard InChI is InChI=1S/C20H24O6/c1-6-10(3)17(21)25-13-8-20(7-2)15(11(4)9-24-19(20)23)16-14(13)12(5)18(22)26-16/h6-7,13-16,19,23H,2,4-5,8-9H2,1,3H3/b10-6-/t13-,14+,15+,16-,19+,20-/m0/s1. The molecule has 0 aromatic heterocycles. The quantitative estimate of drug-likeness (QED) is 0.471. The summed E-state index contributed by atoms with van der Waals surface area (Å²) in [5, 5.41) is 10.6. The zero-order valence-electron chi connectivity index (χ0n) is 15.1. The Morgan fingerprint density at radius 1 is 1.42 bits per heavy atom. The van der Waals surface area contributed by atoms with Crippen LogP contribution in [0.4, 0.5) is 0 Å². The normalized spacial score (nSPS) is 39.7. The molecule has 0 spiro atoms. The van der Waals surface area contributed by atoms with Crippen LogP contribution in [0.15, 0.2) is 48.6 Å². The molecule has 6 nitrogen and oxygen atoms in total. The van der Waals surface area contributed by atoms with E-state index in [0.29, 0.717) is 11.1 Å². The van der Waals surface area contributed by atoms with Gasteiger partial charge in [-0.1, -0.05) is 25.3 Å². The van der Waals surface area contributed by atoms with Crippen LogP contribution in [0.3, 0.4) is 0 Å². The Morgan fingerprint density at radius 2 is 2.12 bits per heavy atom. The van der Waals surface area contributed by atoms with Crippen molar-refractivity contribution in [3.05, 3.63) is 48.6 Å². The second-order valence-electron chi connectivity index (χ2n) is 7.16. The molecule has 0 amide bonds. The van der Waals surface area contributed by atoms with Gasteiger partial charge in [-0.3, -0.25) is 0 Å². The van der Waals surface area contributed by atoms with E-state index in [1.807, 2.05) is 0 Å². The molecule has 6 heteroatoms. The Kier molecular flexibility index (Phi) is 4.67. The van der Waals surface area contributed by atoms with Crippen LogP contribution in [0.5, 0.6) is 0 Å². The van der Waals surface area contributed by atoms with Gasteiger partial charge in [0, 0.05) is 17.1 Å². The van der Waals surface area contributed by atoms with Gasteiger partial charge in [0.2, 0.25) is 0 Å². The van der Waals surface area contributed by atoms with Crippen molar-refractivity contribution in [1.29, 1.82) is 0 Å². The van der Waals surface area contributed by atoms with Crippen LogP contribution in [0.25, 0.3) is 0 Å². The minimum absolute atomic E-state index is 0.163. The number of hydrogen-bond acceptors (Lipinski definition) is 6. The van der Waals surface area contributed by atoms with E-state index in [-0.39, 0.29) is 24.5 Å². The Hall–Kier alpha value is -2.18. The highest BCUT2D eigenvalue weighted by Gasteiger charge is 2.64. The summed E-state index contributed by atoms with van der Waals surface area (Å²) in [7, 11) is 0. The molecule has 0 aromatic carbocycles. The van der Waals surface area contributed by atoms with Crippen molar-refractivity contribution in [1.82, 2.24) is 0 Å². The Bertz CT molecular complexity index is 720. The molecule has 140 valence electrons. The van der Waals surface area contributed by atoms with Crippen LogP contribution in [-0.2, 0) is 23.8 Å². The van der Waals surface area contributed by atoms with Gasteiger partial charge >= 0.3 is 11.9 Å². The average molecular weight is 360 g/mol. The minimum atomic E-state index is -1.16. The first-order valence-corrected chi connectivity index (χ1v) is 8.61. The van der Waals surface area contributed by atoms with Gasteiger partial charge in [0.05, 0.1) is 17.9 Å². The highest BCUT2D eigenvalue weighted by atomic mass is 16.6. The van der Waals surface area contributed by atoms with E-state index in [2.05, 4.69) is 19.7 Å². The van der Waals surface area contributed by atoms with Crippen LogP contribution in [0, 0.1) is 17.3 Å².